The molecule has 2 aliphatic rings. The van der Waals surface area contributed by atoms with Gasteiger partial charge < -0.3 is 4.90 Å². The Balaban J connectivity index is 1.75. The number of hydrogen-bond donors (Lipinski definition) is 2. The number of rotatable bonds is 6. The third-order valence-corrected chi connectivity index (χ3v) is 6.09. The van der Waals surface area contributed by atoms with Gasteiger partial charge in [0.15, 0.2) is 0 Å². The third kappa shape index (κ3) is 4.29. The van der Waals surface area contributed by atoms with Gasteiger partial charge in [-0.3, -0.25) is 24.4 Å². The SMILES string of the molecule is CC(C)CCS(=O)(=O)Nc1ccc2c(c1)C(=O)N(C1CCC(=O)NC1=O)C2. The zero-order valence-electron chi connectivity index (χ0n) is 15.3. The number of nitrogens with one attached hydrogen (secondary N) is 2. The second kappa shape index (κ2) is 7.30. The van der Waals surface area contributed by atoms with E-state index in [9.17, 15) is 22.8 Å². The molecule has 0 spiro atoms. The molecule has 2 aliphatic heterocycles. The number of carbonyl (C=O) groups is 3. The van der Waals surface area contributed by atoms with Crippen LogP contribution in [0.5, 0.6) is 0 Å². The molecule has 1 unspecified atom stereocenters. The van der Waals surface area contributed by atoms with Crippen LogP contribution < -0.4 is 10.0 Å². The first-order valence-corrected chi connectivity index (χ1v) is 10.6. The lowest BCUT2D eigenvalue weighted by Gasteiger charge is -2.29. The second-order valence-electron chi connectivity index (χ2n) is 7.38. The average molecular weight is 393 g/mol. The summed E-state index contributed by atoms with van der Waals surface area (Å²) in [5.74, 6) is -0.855. The molecule has 1 fully saturated rings. The molecule has 9 heteroatoms. The zero-order chi connectivity index (χ0) is 19.8. The highest BCUT2D eigenvalue weighted by Crippen LogP contribution is 2.29. The molecule has 27 heavy (non-hydrogen) atoms. The molecule has 1 atom stereocenters. The first kappa shape index (κ1) is 19.3. The summed E-state index contributed by atoms with van der Waals surface area (Å²) in [4.78, 5) is 37.5. The molecule has 146 valence electrons. The minimum Gasteiger partial charge on any atom is -0.322 e. The van der Waals surface area contributed by atoms with Crippen molar-refractivity contribution in [1.29, 1.82) is 0 Å². The summed E-state index contributed by atoms with van der Waals surface area (Å²) >= 11 is 0. The van der Waals surface area contributed by atoms with Gasteiger partial charge in [-0.05, 0) is 36.5 Å². The van der Waals surface area contributed by atoms with Gasteiger partial charge in [0.25, 0.3) is 5.91 Å². The molecule has 0 radical (unpaired) electrons. The Morgan fingerprint density at radius 3 is 2.67 bits per heavy atom. The van der Waals surface area contributed by atoms with E-state index in [1.807, 2.05) is 13.8 Å². The van der Waals surface area contributed by atoms with Crippen LogP contribution in [0.15, 0.2) is 18.2 Å². The Labute approximate surface area is 158 Å². The van der Waals surface area contributed by atoms with Crippen molar-refractivity contribution in [2.24, 2.45) is 5.92 Å². The van der Waals surface area contributed by atoms with E-state index in [-0.39, 0.29) is 36.5 Å². The normalized spacial score (nSPS) is 20.0. The van der Waals surface area contributed by atoms with Crippen LogP contribution in [0.3, 0.4) is 0 Å². The van der Waals surface area contributed by atoms with Crippen LogP contribution in [-0.2, 0) is 26.2 Å². The monoisotopic (exact) mass is 393 g/mol. The topological polar surface area (TPSA) is 113 Å². The van der Waals surface area contributed by atoms with E-state index in [1.165, 1.54) is 11.0 Å². The first-order valence-electron chi connectivity index (χ1n) is 8.94. The summed E-state index contributed by atoms with van der Waals surface area (Å²) in [6.07, 6.45) is 1.03. The number of imide groups is 1. The van der Waals surface area contributed by atoms with E-state index in [0.29, 0.717) is 24.1 Å². The van der Waals surface area contributed by atoms with E-state index in [1.54, 1.807) is 12.1 Å². The van der Waals surface area contributed by atoms with Gasteiger partial charge in [0.05, 0.1) is 5.75 Å². The van der Waals surface area contributed by atoms with Crippen molar-refractivity contribution in [1.82, 2.24) is 10.2 Å². The van der Waals surface area contributed by atoms with E-state index in [0.717, 1.165) is 5.56 Å². The lowest BCUT2D eigenvalue weighted by atomic mass is 10.0. The largest absolute Gasteiger partial charge is 0.322 e. The predicted molar refractivity (Wildman–Crippen MR) is 99.4 cm³/mol. The summed E-state index contributed by atoms with van der Waals surface area (Å²) in [5.41, 5.74) is 1.44. The number of hydrogen-bond acceptors (Lipinski definition) is 5. The lowest BCUT2D eigenvalue weighted by Crippen LogP contribution is -2.52. The maximum atomic E-state index is 12.7. The smallest absolute Gasteiger partial charge is 0.255 e. The van der Waals surface area contributed by atoms with E-state index < -0.39 is 22.0 Å². The number of nitrogens with zero attached hydrogens (tertiary/aromatic N) is 1. The number of carbonyl (C=O) groups excluding carboxylic acids is 3. The highest BCUT2D eigenvalue weighted by molar-refractivity contribution is 7.92. The van der Waals surface area contributed by atoms with Crippen molar-refractivity contribution in [3.8, 4) is 0 Å². The van der Waals surface area contributed by atoms with Crippen molar-refractivity contribution in [3.63, 3.8) is 0 Å². The Kier molecular flexibility index (Phi) is 5.23. The lowest BCUT2D eigenvalue weighted by molar-refractivity contribution is -0.136. The summed E-state index contributed by atoms with van der Waals surface area (Å²) in [5, 5.41) is 2.26. The molecule has 2 N–H and O–H groups in total. The van der Waals surface area contributed by atoms with E-state index >= 15 is 0 Å². The van der Waals surface area contributed by atoms with Crippen molar-refractivity contribution in [2.45, 2.75) is 45.7 Å². The standard InChI is InChI=1S/C18H23N3O5S/c1-11(2)7-8-27(25,26)20-13-4-3-12-10-21(18(24)14(12)9-13)15-5-6-16(22)19-17(15)23/h3-4,9,11,15,20H,5-8,10H2,1-2H3,(H,19,22,23). The first-order chi connectivity index (χ1) is 12.7. The van der Waals surface area contributed by atoms with Crippen LogP contribution in [-0.4, -0.2) is 42.8 Å². The fraction of sp³-hybridized carbons (Fsp3) is 0.500. The molecule has 1 aromatic rings. The Morgan fingerprint density at radius 1 is 1.26 bits per heavy atom. The van der Waals surface area contributed by atoms with Gasteiger partial charge in [-0.25, -0.2) is 8.42 Å². The molecule has 0 aromatic heterocycles. The summed E-state index contributed by atoms with van der Waals surface area (Å²) in [7, 11) is -3.49. The molecular formula is C18H23N3O5S. The molecule has 8 nitrogen and oxygen atoms in total. The van der Waals surface area contributed by atoms with Crippen molar-refractivity contribution in [2.75, 3.05) is 10.5 Å². The van der Waals surface area contributed by atoms with Gasteiger partial charge in [0, 0.05) is 24.2 Å². The van der Waals surface area contributed by atoms with Gasteiger partial charge in [0.1, 0.15) is 6.04 Å². The zero-order valence-corrected chi connectivity index (χ0v) is 16.1. The van der Waals surface area contributed by atoms with Gasteiger partial charge in [-0.1, -0.05) is 19.9 Å². The number of sulfonamides is 1. The summed E-state index contributed by atoms with van der Waals surface area (Å²) in [6.45, 7) is 4.17. The molecule has 0 saturated carbocycles. The number of anilines is 1. The van der Waals surface area contributed by atoms with Crippen LogP contribution in [0.2, 0.25) is 0 Å². The van der Waals surface area contributed by atoms with Crippen LogP contribution in [0, 0.1) is 5.92 Å². The highest BCUT2D eigenvalue weighted by Gasteiger charge is 2.39. The van der Waals surface area contributed by atoms with Gasteiger partial charge in [-0.2, -0.15) is 0 Å². The molecule has 0 bridgehead atoms. The van der Waals surface area contributed by atoms with Gasteiger partial charge in [0.2, 0.25) is 21.8 Å². The minimum atomic E-state index is -3.49. The minimum absolute atomic E-state index is 0.0120. The van der Waals surface area contributed by atoms with Crippen molar-refractivity contribution < 1.29 is 22.8 Å². The number of piperidine rings is 1. The van der Waals surface area contributed by atoms with Gasteiger partial charge >= 0.3 is 0 Å². The maximum Gasteiger partial charge on any atom is 0.255 e. The molecule has 1 aromatic carbocycles. The fourth-order valence-corrected chi connectivity index (χ4v) is 4.61. The molecule has 0 aliphatic carbocycles. The van der Waals surface area contributed by atoms with Crippen LogP contribution in [0.1, 0.15) is 49.0 Å². The number of benzene rings is 1. The Bertz CT molecular complexity index is 894. The number of fused-ring (bicyclic) bond motifs is 1. The number of amides is 3. The van der Waals surface area contributed by atoms with Crippen molar-refractivity contribution in [3.05, 3.63) is 29.3 Å². The quantitative estimate of drug-likeness (QED) is 0.706. The summed E-state index contributed by atoms with van der Waals surface area (Å²) in [6, 6.07) is 4.14. The Morgan fingerprint density at radius 2 is 2.00 bits per heavy atom. The van der Waals surface area contributed by atoms with Crippen LogP contribution in [0.4, 0.5) is 5.69 Å². The average Bonchev–Trinajstić information content (AvgIpc) is 2.89. The molecule has 3 amide bonds. The Hall–Kier alpha value is -2.42. The van der Waals surface area contributed by atoms with Crippen LogP contribution >= 0.6 is 0 Å². The van der Waals surface area contributed by atoms with Gasteiger partial charge in [-0.15, -0.1) is 0 Å². The van der Waals surface area contributed by atoms with E-state index in [4.69, 9.17) is 0 Å². The predicted octanol–water partition coefficient (Wildman–Crippen LogP) is 1.24. The maximum absolute atomic E-state index is 12.7. The highest BCUT2D eigenvalue weighted by atomic mass is 32.2. The third-order valence-electron chi connectivity index (χ3n) is 4.77. The molecule has 1 saturated heterocycles. The fourth-order valence-electron chi connectivity index (χ4n) is 3.24. The molecule has 2 heterocycles. The molecule has 3 rings (SSSR count). The second-order valence-corrected chi connectivity index (χ2v) is 9.22. The van der Waals surface area contributed by atoms with Crippen molar-refractivity contribution >= 4 is 33.4 Å². The van der Waals surface area contributed by atoms with Crippen LogP contribution in [0.25, 0.3) is 0 Å². The molecular weight excluding hydrogens is 370 g/mol. The summed E-state index contributed by atoms with van der Waals surface area (Å²) < 4.78 is 26.9. The van der Waals surface area contributed by atoms with E-state index in [2.05, 4.69) is 10.0 Å².